The lowest BCUT2D eigenvalue weighted by Gasteiger charge is -2.28. The van der Waals surface area contributed by atoms with Crippen LogP contribution in [0.15, 0.2) is 6.07 Å². The Morgan fingerprint density at radius 2 is 1.90 bits per heavy atom. The Morgan fingerprint density at radius 3 is 2.55 bits per heavy atom. The average Bonchev–Trinajstić information content (AvgIpc) is 2.96. The molecule has 0 aromatic carbocycles. The lowest BCUT2D eigenvalue weighted by Crippen LogP contribution is -2.37. The molecule has 0 unspecified atom stereocenters. The van der Waals surface area contributed by atoms with Crippen molar-refractivity contribution in [1.29, 1.82) is 0 Å². The Kier molecular flexibility index (Phi) is 3.88. The highest BCUT2D eigenvalue weighted by molar-refractivity contribution is 5.54. The minimum Gasteiger partial charge on any atom is -0.378 e. The zero-order valence-electron chi connectivity index (χ0n) is 11.9. The predicted molar refractivity (Wildman–Crippen MR) is 79.2 cm³/mol. The van der Waals surface area contributed by atoms with E-state index in [9.17, 15) is 0 Å². The molecule has 3 heterocycles. The van der Waals surface area contributed by atoms with Gasteiger partial charge >= 0.3 is 0 Å². The second kappa shape index (κ2) is 5.80. The van der Waals surface area contributed by atoms with E-state index in [1.807, 2.05) is 13.1 Å². The van der Waals surface area contributed by atoms with Gasteiger partial charge in [-0.05, 0) is 13.5 Å². The molecule has 2 aliphatic heterocycles. The van der Waals surface area contributed by atoms with Crippen LogP contribution in [0.2, 0.25) is 0 Å². The molecule has 1 aromatic heterocycles. The molecule has 0 saturated carbocycles. The van der Waals surface area contributed by atoms with Gasteiger partial charge in [-0.1, -0.05) is 0 Å². The zero-order valence-corrected chi connectivity index (χ0v) is 11.9. The van der Waals surface area contributed by atoms with Gasteiger partial charge in [0.2, 0.25) is 5.95 Å². The molecule has 2 fully saturated rings. The summed E-state index contributed by atoms with van der Waals surface area (Å²) in [5.41, 5.74) is 5.88. The molecule has 7 heteroatoms. The van der Waals surface area contributed by atoms with Crippen LogP contribution >= 0.6 is 0 Å². The number of hydrogen-bond donors (Lipinski definition) is 2. The molecule has 1 atom stereocenters. The van der Waals surface area contributed by atoms with Crippen LogP contribution in [-0.2, 0) is 4.74 Å². The lowest BCUT2D eigenvalue weighted by atomic mass is 10.3. The van der Waals surface area contributed by atoms with Crippen molar-refractivity contribution >= 4 is 17.6 Å². The third-order valence-corrected chi connectivity index (χ3v) is 3.97. The Hall–Kier alpha value is -1.60. The van der Waals surface area contributed by atoms with Crippen molar-refractivity contribution in [1.82, 2.24) is 15.3 Å². The molecule has 3 rings (SSSR count). The molecule has 3 N–H and O–H groups in total. The summed E-state index contributed by atoms with van der Waals surface area (Å²) in [4.78, 5) is 13.2. The van der Waals surface area contributed by atoms with E-state index in [1.165, 1.54) is 0 Å². The van der Waals surface area contributed by atoms with Crippen molar-refractivity contribution in [3.8, 4) is 0 Å². The summed E-state index contributed by atoms with van der Waals surface area (Å²) in [6, 6.07) is 2.57. The third-order valence-electron chi connectivity index (χ3n) is 3.97. The number of anilines is 3. The standard InChI is InChI=1S/C13H22N6O/c1-15-10-2-3-19(9-10)12-8-11(16-13(14)17-12)18-4-6-20-7-5-18/h8,10,15H,2-7,9H2,1H3,(H2,14,16,17)/t10-/m1/s1. The van der Waals surface area contributed by atoms with Gasteiger partial charge in [0, 0.05) is 38.3 Å². The van der Waals surface area contributed by atoms with Gasteiger partial charge in [-0.3, -0.25) is 0 Å². The Bertz CT molecular complexity index is 462. The van der Waals surface area contributed by atoms with Crippen LogP contribution in [0.25, 0.3) is 0 Å². The van der Waals surface area contributed by atoms with Crippen LogP contribution in [0.1, 0.15) is 6.42 Å². The number of nitrogens with zero attached hydrogens (tertiary/aromatic N) is 4. The van der Waals surface area contributed by atoms with Gasteiger partial charge in [-0.25, -0.2) is 0 Å². The molecule has 2 saturated heterocycles. The van der Waals surface area contributed by atoms with Crippen molar-refractivity contribution in [2.75, 3.05) is 62.0 Å². The van der Waals surface area contributed by atoms with Crippen LogP contribution in [0, 0.1) is 0 Å². The molecular formula is C13H22N6O. The first-order valence-corrected chi connectivity index (χ1v) is 7.16. The fraction of sp³-hybridized carbons (Fsp3) is 0.692. The summed E-state index contributed by atoms with van der Waals surface area (Å²) in [7, 11) is 2.00. The number of ether oxygens (including phenoxy) is 1. The summed E-state index contributed by atoms with van der Waals surface area (Å²) in [6.07, 6.45) is 1.13. The minimum absolute atomic E-state index is 0.344. The molecule has 0 aliphatic carbocycles. The van der Waals surface area contributed by atoms with E-state index in [2.05, 4.69) is 25.1 Å². The highest BCUT2D eigenvalue weighted by atomic mass is 16.5. The Balaban J connectivity index is 1.79. The van der Waals surface area contributed by atoms with E-state index in [1.54, 1.807) is 0 Å². The van der Waals surface area contributed by atoms with E-state index in [-0.39, 0.29) is 0 Å². The normalized spacial score (nSPS) is 23.4. The van der Waals surface area contributed by atoms with Crippen LogP contribution in [-0.4, -0.2) is 62.5 Å². The van der Waals surface area contributed by atoms with Gasteiger partial charge in [0.1, 0.15) is 11.6 Å². The van der Waals surface area contributed by atoms with Gasteiger partial charge in [0.05, 0.1) is 13.2 Å². The number of hydrogen-bond acceptors (Lipinski definition) is 7. The molecule has 110 valence electrons. The fourth-order valence-electron chi connectivity index (χ4n) is 2.76. The monoisotopic (exact) mass is 278 g/mol. The summed E-state index contributed by atoms with van der Waals surface area (Å²) < 4.78 is 5.38. The van der Waals surface area contributed by atoms with Gasteiger partial charge in [0.25, 0.3) is 0 Å². The molecule has 7 nitrogen and oxygen atoms in total. The number of nitrogens with one attached hydrogen (secondary N) is 1. The third kappa shape index (κ3) is 2.78. The Labute approximate surface area is 119 Å². The fourth-order valence-corrected chi connectivity index (χ4v) is 2.76. The summed E-state index contributed by atoms with van der Waals surface area (Å²) in [5.74, 6) is 2.18. The van der Waals surface area contributed by atoms with Crippen molar-refractivity contribution in [3.63, 3.8) is 0 Å². The first-order chi connectivity index (χ1) is 9.76. The zero-order chi connectivity index (χ0) is 13.9. The Morgan fingerprint density at radius 1 is 1.20 bits per heavy atom. The van der Waals surface area contributed by atoms with Crippen LogP contribution < -0.4 is 20.9 Å². The molecule has 2 aliphatic rings. The predicted octanol–water partition coefficient (Wildman–Crippen LogP) is -0.306. The summed E-state index contributed by atoms with van der Waals surface area (Å²) >= 11 is 0. The topological polar surface area (TPSA) is 79.5 Å². The number of nitrogen functional groups attached to an aromatic ring is 1. The molecular weight excluding hydrogens is 256 g/mol. The molecule has 0 bridgehead atoms. The number of rotatable bonds is 3. The van der Waals surface area contributed by atoms with Crippen LogP contribution in [0.3, 0.4) is 0 Å². The number of morpholine rings is 1. The highest BCUT2D eigenvalue weighted by Crippen LogP contribution is 2.24. The van der Waals surface area contributed by atoms with Crippen LogP contribution in [0.4, 0.5) is 17.6 Å². The SMILES string of the molecule is CN[C@@H]1CCN(c2cc(N3CCOCC3)nc(N)n2)C1. The van der Waals surface area contributed by atoms with E-state index in [0.29, 0.717) is 12.0 Å². The molecule has 20 heavy (non-hydrogen) atoms. The van der Waals surface area contributed by atoms with E-state index in [0.717, 1.165) is 57.4 Å². The summed E-state index contributed by atoms with van der Waals surface area (Å²) in [6.45, 7) is 5.17. The van der Waals surface area contributed by atoms with Crippen LogP contribution in [0.5, 0.6) is 0 Å². The van der Waals surface area contributed by atoms with Gasteiger partial charge in [-0.15, -0.1) is 0 Å². The molecule has 1 aromatic rings. The van der Waals surface area contributed by atoms with Gasteiger partial charge in [0.15, 0.2) is 0 Å². The second-order valence-corrected chi connectivity index (χ2v) is 5.26. The van der Waals surface area contributed by atoms with E-state index < -0.39 is 0 Å². The first kappa shape index (κ1) is 13.4. The molecule has 0 amide bonds. The largest absolute Gasteiger partial charge is 0.378 e. The first-order valence-electron chi connectivity index (χ1n) is 7.16. The average molecular weight is 278 g/mol. The second-order valence-electron chi connectivity index (χ2n) is 5.26. The quantitative estimate of drug-likeness (QED) is 0.785. The lowest BCUT2D eigenvalue weighted by molar-refractivity contribution is 0.122. The van der Waals surface area contributed by atoms with E-state index in [4.69, 9.17) is 10.5 Å². The number of nitrogens with two attached hydrogens (primary N) is 1. The maximum atomic E-state index is 5.88. The maximum absolute atomic E-state index is 5.88. The molecule has 0 radical (unpaired) electrons. The van der Waals surface area contributed by atoms with E-state index >= 15 is 0 Å². The smallest absolute Gasteiger partial charge is 0.223 e. The highest BCUT2D eigenvalue weighted by Gasteiger charge is 2.23. The number of aromatic nitrogens is 2. The van der Waals surface area contributed by atoms with Gasteiger partial charge in [-0.2, -0.15) is 9.97 Å². The summed E-state index contributed by atoms with van der Waals surface area (Å²) in [5, 5.41) is 3.31. The van der Waals surface area contributed by atoms with Crippen molar-refractivity contribution < 1.29 is 4.74 Å². The van der Waals surface area contributed by atoms with Crippen molar-refractivity contribution in [2.24, 2.45) is 0 Å². The maximum Gasteiger partial charge on any atom is 0.223 e. The number of likely N-dealkylation sites (N-methyl/N-ethyl adjacent to an activating group) is 1. The van der Waals surface area contributed by atoms with Gasteiger partial charge < -0.3 is 25.6 Å². The van der Waals surface area contributed by atoms with Crippen molar-refractivity contribution in [2.45, 2.75) is 12.5 Å². The van der Waals surface area contributed by atoms with Crippen molar-refractivity contribution in [3.05, 3.63) is 6.07 Å². The molecule has 0 spiro atoms. The minimum atomic E-state index is 0.344.